The van der Waals surface area contributed by atoms with Gasteiger partial charge in [0.15, 0.2) is 0 Å². The first-order valence-corrected chi connectivity index (χ1v) is 8.92. The van der Waals surface area contributed by atoms with E-state index in [1.807, 2.05) is 0 Å². The molecule has 0 radical (unpaired) electrons. The van der Waals surface area contributed by atoms with E-state index in [-0.39, 0.29) is 29.8 Å². The monoisotopic (exact) mass is 352 g/mol. The van der Waals surface area contributed by atoms with E-state index < -0.39 is 28.1 Å². The van der Waals surface area contributed by atoms with Gasteiger partial charge in [-0.2, -0.15) is 0 Å². The normalized spacial score (nSPS) is 25.9. The van der Waals surface area contributed by atoms with Crippen LogP contribution in [0.1, 0.15) is 25.3 Å². The molecular formula is C15H16N2O6S. The molecule has 0 aromatic heterocycles. The molecule has 0 bridgehead atoms. The third kappa shape index (κ3) is 3.25. The van der Waals surface area contributed by atoms with E-state index in [4.69, 9.17) is 9.47 Å². The number of benzene rings is 1. The largest absolute Gasteiger partial charge is 0.460 e. The fourth-order valence-corrected chi connectivity index (χ4v) is 3.80. The summed E-state index contributed by atoms with van der Waals surface area (Å²) in [6.45, 7) is 1.77. The molecule has 1 N–H and O–H groups in total. The maximum atomic E-state index is 11.9. The van der Waals surface area contributed by atoms with Crippen LogP contribution in [0.5, 0.6) is 0 Å². The Hall–Kier alpha value is -2.42. The van der Waals surface area contributed by atoms with E-state index in [0.717, 1.165) is 0 Å². The predicted octanol–water partition coefficient (Wildman–Crippen LogP) is 0.362. The lowest BCUT2D eigenvalue weighted by atomic mass is 10.2. The molecule has 1 aromatic rings. The van der Waals surface area contributed by atoms with Crippen LogP contribution in [0.2, 0.25) is 0 Å². The number of sulfonamides is 1. The minimum atomic E-state index is -3.60. The van der Waals surface area contributed by atoms with E-state index in [1.54, 1.807) is 25.1 Å². The van der Waals surface area contributed by atoms with Crippen molar-refractivity contribution in [2.75, 3.05) is 6.54 Å². The lowest BCUT2D eigenvalue weighted by molar-refractivity contribution is -0.160. The van der Waals surface area contributed by atoms with Gasteiger partial charge in [-0.15, -0.1) is 0 Å². The fraction of sp³-hybridized carbons (Fsp3) is 0.400. The number of rotatable bonds is 4. The molecule has 24 heavy (non-hydrogen) atoms. The second-order valence-electron chi connectivity index (χ2n) is 5.54. The molecule has 2 unspecified atom stereocenters. The quantitative estimate of drug-likeness (QED) is 0.784. The lowest BCUT2D eigenvalue weighted by Gasteiger charge is -2.07. The summed E-state index contributed by atoms with van der Waals surface area (Å²) in [4.78, 5) is 27.4. The zero-order valence-corrected chi connectivity index (χ0v) is 13.7. The van der Waals surface area contributed by atoms with Crippen LogP contribution in [-0.2, 0) is 29.1 Å². The lowest BCUT2D eigenvalue weighted by Crippen LogP contribution is -2.24. The number of amidine groups is 1. The Morgan fingerprint density at radius 3 is 2.88 bits per heavy atom. The summed E-state index contributed by atoms with van der Waals surface area (Å²) in [7, 11) is -3.60. The van der Waals surface area contributed by atoms with Crippen LogP contribution in [0.4, 0.5) is 0 Å². The van der Waals surface area contributed by atoms with Gasteiger partial charge in [0.25, 0.3) is 10.0 Å². The highest BCUT2D eigenvalue weighted by atomic mass is 32.2. The van der Waals surface area contributed by atoms with Crippen molar-refractivity contribution >= 4 is 27.8 Å². The summed E-state index contributed by atoms with van der Waals surface area (Å²) in [5, 5.41) is 0. The van der Waals surface area contributed by atoms with Gasteiger partial charge in [0.2, 0.25) is 6.10 Å². The van der Waals surface area contributed by atoms with Gasteiger partial charge in [0.05, 0.1) is 17.9 Å². The molecule has 8 nitrogen and oxygen atoms in total. The van der Waals surface area contributed by atoms with Crippen molar-refractivity contribution in [3.63, 3.8) is 0 Å². The van der Waals surface area contributed by atoms with Gasteiger partial charge in [0, 0.05) is 12.0 Å². The van der Waals surface area contributed by atoms with Crippen LogP contribution >= 0.6 is 0 Å². The van der Waals surface area contributed by atoms with Gasteiger partial charge in [-0.05, 0) is 19.1 Å². The minimum absolute atomic E-state index is 0.0440. The molecule has 0 amide bonds. The molecular weight excluding hydrogens is 336 g/mol. The molecule has 0 saturated carbocycles. The number of hydrogen-bond acceptors (Lipinski definition) is 7. The Morgan fingerprint density at radius 1 is 1.42 bits per heavy atom. The van der Waals surface area contributed by atoms with E-state index in [2.05, 4.69) is 9.71 Å². The van der Waals surface area contributed by atoms with Crippen LogP contribution in [0.15, 0.2) is 34.2 Å². The number of ether oxygens (including phenoxy) is 2. The van der Waals surface area contributed by atoms with Crippen LogP contribution in [0.25, 0.3) is 0 Å². The van der Waals surface area contributed by atoms with E-state index in [0.29, 0.717) is 12.0 Å². The molecule has 2 aliphatic heterocycles. The zero-order valence-electron chi connectivity index (χ0n) is 12.9. The average Bonchev–Trinajstić information content (AvgIpc) is 2.96. The van der Waals surface area contributed by atoms with Crippen LogP contribution < -0.4 is 4.72 Å². The molecule has 2 atom stereocenters. The van der Waals surface area contributed by atoms with Gasteiger partial charge in [-0.3, -0.25) is 14.5 Å². The Bertz CT molecular complexity index is 817. The Balaban J connectivity index is 1.59. The Labute approximate surface area is 138 Å². The van der Waals surface area contributed by atoms with Crippen molar-refractivity contribution in [1.29, 1.82) is 0 Å². The third-order valence-electron chi connectivity index (χ3n) is 3.65. The van der Waals surface area contributed by atoms with Gasteiger partial charge < -0.3 is 9.47 Å². The summed E-state index contributed by atoms with van der Waals surface area (Å²) in [6.07, 6.45) is -0.858. The smallest absolute Gasteiger partial charge is 0.347 e. The highest BCUT2D eigenvalue weighted by Gasteiger charge is 2.35. The first kappa shape index (κ1) is 16.4. The van der Waals surface area contributed by atoms with Crippen LogP contribution in [0, 0.1) is 0 Å². The number of cyclic esters (lactones) is 1. The number of fused-ring (bicyclic) bond motifs is 1. The molecule has 128 valence electrons. The maximum absolute atomic E-state index is 11.9. The zero-order chi connectivity index (χ0) is 17.3. The average molecular weight is 352 g/mol. The van der Waals surface area contributed by atoms with Crippen molar-refractivity contribution in [3.8, 4) is 0 Å². The highest BCUT2D eigenvalue weighted by molar-refractivity contribution is 7.90. The van der Waals surface area contributed by atoms with Gasteiger partial charge in [-0.25, -0.2) is 13.2 Å². The summed E-state index contributed by atoms with van der Waals surface area (Å²) < 4.78 is 36.1. The van der Waals surface area contributed by atoms with Crippen LogP contribution in [-0.4, -0.2) is 44.9 Å². The molecule has 0 aliphatic carbocycles. The van der Waals surface area contributed by atoms with E-state index in [9.17, 15) is 18.0 Å². The third-order valence-corrected chi connectivity index (χ3v) is 5.05. The van der Waals surface area contributed by atoms with Crippen molar-refractivity contribution in [2.45, 2.75) is 36.9 Å². The van der Waals surface area contributed by atoms with Gasteiger partial charge in [0.1, 0.15) is 11.9 Å². The van der Waals surface area contributed by atoms with Gasteiger partial charge >= 0.3 is 11.9 Å². The molecule has 3 rings (SSSR count). The Morgan fingerprint density at radius 2 is 2.17 bits per heavy atom. The molecule has 9 heteroatoms. The molecule has 1 fully saturated rings. The fourth-order valence-electron chi connectivity index (χ4n) is 2.54. The minimum Gasteiger partial charge on any atom is -0.460 e. The maximum Gasteiger partial charge on any atom is 0.347 e. The van der Waals surface area contributed by atoms with Crippen molar-refractivity contribution < 1.29 is 27.5 Å². The number of nitrogens with one attached hydrogen (secondary N) is 1. The predicted molar refractivity (Wildman–Crippen MR) is 82.8 cm³/mol. The highest BCUT2D eigenvalue weighted by Crippen LogP contribution is 2.22. The second kappa shape index (κ2) is 6.23. The molecule has 2 aliphatic rings. The summed E-state index contributed by atoms with van der Waals surface area (Å²) in [5.41, 5.74) is 0.471. The van der Waals surface area contributed by atoms with E-state index in [1.165, 1.54) is 6.07 Å². The first-order valence-electron chi connectivity index (χ1n) is 7.43. The SMILES string of the molecule is CC1CC(OC(=O)CCN=C2NS(=O)(=O)c3ccccc32)C(=O)O1. The van der Waals surface area contributed by atoms with Crippen molar-refractivity contribution in [1.82, 2.24) is 4.72 Å². The number of aliphatic imine (C=N–C) groups is 1. The summed E-state index contributed by atoms with van der Waals surface area (Å²) in [5.74, 6) is -0.920. The topological polar surface area (TPSA) is 111 Å². The standard InChI is InChI=1S/C15H16N2O6S/c1-9-8-11(15(19)22-9)23-13(18)6-7-16-14-10-4-2-3-5-12(10)24(20,21)17-14/h2-5,9,11H,6-8H2,1H3,(H,16,17). The molecule has 2 heterocycles. The second-order valence-corrected chi connectivity index (χ2v) is 7.19. The number of carbonyl (C=O) groups is 2. The number of nitrogens with zero attached hydrogens (tertiary/aromatic N) is 1. The number of esters is 2. The van der Waals surface area contributed by atoms with Gasteiger partial charge in [-0.1, -0.05) is 12.1 Å². The Kier molecular flexibility index (Phi) is 4.27. The van der Waals surface area contributed by atoms with Crippen molar-refractivity contribution in [3.05, 3.63) is 29.8 Å². The number of carbonyl (C=O) groups excluding carboxylic acids is 2. The number of hydrogen-bond donors (Lipinski definition) is 1. The molecule has 1 aromatic carbocycles. The van der Waals surface area contributed by atoms with E-state index >= 15 is 0 Å². The van der Waals surface area contributed by atoms with Crippen molar-refractivity contribution in [2.24, 2.45) is 4.99 Å². The first-order chi connectivity index (χ1) is 11.4. The summed E-state index contributed by atoms with van der Waals surface area (Å²) >= 11 is 0. The van der Waals surface area contributed by atoms with Crippen LogP contribution in [0.3, 0.4) is 0 Å². The summed E-state index contributed by atoms with van der Waals surface area (Å²) in [6, 6.07) is 6.46. The molecule has 0 spiro atoms. The molecule has 1 saturated heterocycles.